The minimum absolute atomic E-state index is 0.853. The zero-order valence-electron chi connectivity index (χ0n) is 17.0. The maximum absolute atomic E-state index is 5.43. The molecule has 148 valence electrons. The van der Waals surface area contributed by atoms with Crippen LogP contribution in [0.3, 0.4) is 0 Å². The van der Waals surface area contributed by atoms with Gasteiger partial charge in [-0.1, -0.05) is 30.3 Å². The smallest absolute Gasteiger partial charge is 0.165 e. The van der Waals surface area contributed by atoms with Gasteiger partial charge in [0.15, 0.2) is 5.65 Å². The number of nitrogens with one attached hydrogen (secondary N) is 1. The molecule has 0 amide bonds. The van der Waals surface area contributed by atoms with Crippen molar-refractivity contribution in [1.82, 2.24) is 19.5 Å². The maximum Gasteiger partial charge on any atom is 0.165 e. The van der Waals surface area contributed by atoms with Crippen LogP contribution in [0.15, 0.2) is 30.3 Å². The molecule has 1 aromatic carbocycles. The summed E-state index contributed by atoms with van der Waals surface area (Å²) < 4.78 is 7.41. The van der Waals surface area contributed by atoms with Crippen LogP contribution in [0.4, 0.5) is 5.82 Å². The number of nitrogens with zero attached hydrogens (tertiary/aromatic N) is 4. The topological polar surface area (TPSA) is 54.7 Å². The Labute approximate surface area is 166 Å². The van der Waals surface area contributed by atoms with E-state index in [-0.39, 0.29) is 0 Å². The van der Waals surface area contributed by atoms with Gasteiger partial charge in [0.1, 0.15) is 5.82 Å². The van der Waals surface area contributed by atoms with Crippen molar-refractivity contribution in [3.8, 4) is 11.1 Å². The molecule has 0 unspecified atom stereocenters. The number of aryl methyl sites for hydroxylation is 2. The van der Waals surface area contributed by atoms with E-state index in [0.29, 0.717) is 0 Å². The molecule has 1 fully saturated rings. The fourth-order valence-electron chi connectivity index (χ4n) is 3.83. The Balaban J connectivity index is 1.58. The van der Waals surface area contributed by atoms with Gasteiger partial charge in [0.05, 0.1) is 18.9 Å². The van der Waals surface area contributed by atoms with Crippen LogP contribution in [-0.2, 0) is 4.74 Å². The summed E-state index contributed by atoms with van der Waals surface area (Å²) in [6.45, 7) is 12.0. The third-order valence-corrected chi connectivity index (χ3v) is 5.53. The van der Waals surface area contributed by atoms with Gasteiger partial charge in [-0.25, -0.2) is 4.98 Å². The quantitative estimate of drug-likeness (QED) is 0.665. The lowest BCUT2D eigenvalue weighted by molar-refractivity contribution is 0.0378. The van der Waals surface area contributed by atoms with E-state index in [1.54, 1.807) is 0 Å². The first-order chi connectivity index (χ1) is 13.6. The van der Waals surface area contributed by atoms with Crippen molar-refractivity contribution in [1.29, 1.82) is 0 Å². The van der Waals surface area contributed by atoms with E-state index < -0.39 is 0 Å². The zero-order valence-corrected chi connectivity index (χ0v) is 17.0. The van der Waals surface area contributed by atoms with Crippen molar-refractivity contribution >= 4 is 11.5 Å². The molecule has 1 N–H and O–H groups in total. The Kier molecular flexibility index (Phi) is 5.59. The van der Waals surface area contributed by atoms with Crippen LogP contribution in [-0.4, -0.2) is 58.9 Å². The van der Waals surface area contributed by atoms with Gasteiger partial charge >= 0.3 is 0 Å². The molecular formula is C22H29N5O. The van der Waals surface area contributed by atoms with Gasteiger partial charge in [0.2, 0.25) is 0 Å². The van der Waals surface area contributed by atoms with Gasteiger partial charge < -0.3 is 10.1 Å². The summed E-state index contributed by atoms with van der Waals surface area (Å²) in [5.41, 5.74) is 6.38. The summed E-state index contributed by atoms with van der Waals surface area (Å²) >= 11 is 0. The van der Waals surface area contributed by atoms with Crippen molar-refractivity contribution in [2.24, 2.45) is 0 Å². The molecule has 0 saturated carbocycles. The van der Waals surface area contributed by atoms with Crippen molar-refractivity contribution in [2.75, 3.05) is 44.7 Å². The normalized spacial score (nSPS) is 15.2. The first kappa shape index (κ1) is 18.9. The van der Waals surface area contributed by atoms with Gasteiger partial charge in [0, 0.05) is 36.5 Å². The third-order valence-electron chi connectivity index (χ3n) is 5.53. The number of anilines is 1. The highest BCUT2D eigenvalue weighted by molar-refractivity contribution is 5.81. The Morgan fingerprint density at radius 2 is 1.79 bits per heavy atom. The van der Waals surface area contributed by atoms with Crippen LogP contribution in [0.25, 0.3) is 16.8 Å². The van der Waals surface area contributed by atoms with E-state index in [2.05, 4.69) is 55.3 Å². The highest BCUT2D eigenvalue weighted by atomic mass is 16.5. The second kappa shape index (κ2) is 8.29. The second-order valence-corrected chi connectivity index (χ2v) is 7.47. The number of aromatic nitrogens is 3. The molecule has 6 nitrogen and oxygen atoms in total. The van der Waals surface area contributed by atoms with Gasteiger partial charge in [-0.05, 0) is 39.3 Å². The molecule has 2 aromatic heterocycles. The third kappa shape index (κ3) is 3.75. The molecule has 0 radical (unpaired) electrons. The Bertz CT molecular complexity index is 945. The summed E-state index contributed by atoms with van der Waals surface area (Å²) in [6.07, 6.45) is 1.09. The Morgan fingerprint density at radius 3 is 2.54 bits per heavy atom. The van der Waals surface area contributed by atoms with E-state index in [1.165, 1.54) is 0 Å². The summed E-state index contributed by atoms with van der Waals surface area (Å²) in [6, 6.07) is 10.4. The summed E-state index contributed by atoms with van der Waals surface area (Å²) in [5, 5.41) is 8.46. The minimum Gasteiger partial charge on any atom is -0.379 e. The van der Waals surface area contributed by atoms with Crippen molar-refractivity contribution < 1.29 is 4.74 Å². The number of hydrogen-bond acceptors (Lipinski definition) is 5. The highest BCUT2D eigenvalue weighted by Gasteiger charge is 2.18. The molecule has 1 saturated heterocycles. The molecule has 1 aliphatic heterocycles. The van der Waals surface area contributed by atoms with E-state index in [0.717, 1.165) is 85.4 Å². The number of benzene rings is 1. The Morgan fingerprint density at radius 1 is 1.04 bits per heavy atom. The van der Waals surface area contributed by atoms with E-state index in [1.807, 2.05) is 10.6 Å². The van der Waals surface area contributed by atoms with Crippen LogP contribution < -0.4 is 5.32 Å². The summed E-state index contributed by atoms with van der Waals surface area (Å²) in [7, 11) is 0. The molecule has 28 heavy (non-hydrogen) atoms. The Hall–Kier alpha value is -2.44. The van der Waals surface area contributed by atoms with Crippen LogP contribution >= 0.6 is 0 Å². The first-order valence-electron chi connectivity index (χ1n) is 10.1. The van der Waals surface area contributed by atoms with Gasteiger partial charge in [0.25, 0.3) is 0 Å². The average Bonchev–Trinajstić information content (AvgIpc) is 3.04. The molecular weight excluding hydrogens is 350 g/mol. The zero-order chi connectivity index (χ0) is 19.5. The van der Waals surface area contributed by atoms with Crippen LogP contribution in [0.2, 0.25) is 0 Å². The molecule has 3 heterocycles. The highest BCUT2D eigenvalue weighted by Crippen LogP contribution is 2.30. The molecule has 0 aliphatic carbocycles. The number of ether oxygens (including phenoxy) is 1. The largest absolute Gasteiger partial charge is 0.379 e. The average molecular weight is 380 g/mol. The van der Waals surface area contributed by atoms with Gasteiger partial charge in [-0.15, -0.1) is 0 Å². The van der Waals surface area contributed by atoms with Crippen LogP contribution in [0, 0.1) is 20.8 Å². The molecule has 6 heteroatoms. The van der Waals surface area contributed by atoms with E-state index in [9.17, 15) is 0 Å². The summed E-state index contributed by atoms with van der Waals surface area (Å²) in [4.78, 5) is 7.34. The summed E-state index contributed by atoms with van der Waals surface area (Å²) in [5.74, 6) is 1.05. The van der Waals surface area contributed by atoms with Crippen molar-refractivity contribution in [2.45, 2.75) is 27.2 Å². The monoisotopic (exact) mass is 379 g/mol. The lowest BCUT2D eigenvalue weighted by Crippen LogP contribution is -2.37. The molecule has 3 aromatic rings. The lowest BCUT2D eigenvalue weighted by atomic mass is 10.1. The van der Waals surface area contributed by atoms with Gasteiger partial charge in [-0.2, -0.15) is 9.61 Å². The lowest BCUT2D eigenvalue weighted by Gasteiger charge is -2.26. The predicted molar refractivity (Wildman–Crippen MR) is 113 cm³/mol. The number of morpholine rings is 1. The first-order valence-corrected chi connectivity index (χ1v) is 10.1. The molecule has 1 aliphatic rings. The van der Waals surface area contributed by atoms with Crippen molar-refractivity contribution in [3.05, 3.63) is 47.3 Å². The minimum atomic E-state index is 0.853. The fraction of sp³-hybridized carbons (Fsp3) is 0.455. The van der Waals surface area contributed by atoms with Crippen molar-refractivity contribution in [3.63, 3.8) is 0 Å². The maximum atomic E-state index is 5.43. The number of rotatable bonds is 6. The number of hydrogen-bond donors (Lipinski definition) is 1. The van der Waals surface area contributed by atoms with Crippen LogP contribution in [0.5, 0.6) is 0 Å². The second-order valence-electron chi connectivity index (χ2n) is 7.47. The molecule has 0 spiro atoms. The SMILES string of the molecule is Cc1nc2c(-c3ccccc3)c(C)nn2c(NCCCN2CCOCC2)c1C. The number of fused-ring (bicyclic) bond motifs is 1. The molecule has 0 bridgehead atoms. The standard InChI is InChI=1S/C22H29N5O/c1-16-17(2)24-22-20(19-8-5-4-6-9-19)18(3)25-27(22)21(16)23-10-7-11-26-12-14-28-15-13-26/h4-6,8-9,23H,7,10-15H2,1-3H3. The van der Waals surface area contributed by atoms with E-state index >= 15 is 0 Å². The van der Waals surface area contributed by atoms with Gasteiger partial charge in [-0.3, -0.25) is 4.90 Å². The van der Waals surface area contributed by atoms with Crippen LogP contribution in [0.1, 0.15) is 23.4 Å². The molecule has 4 rings (SSSR count). The molecule has 0 atom stereocenters. The predicted octanol–water partition coefficient (Wildman–Crippen LogP) is 3.46. The fourth-order valence-corrected chi connectivity index (χ4v) is 3.83. The van der Waals surface area contributed by atoms with E-state index in [4.69, 9.17) is 14.8 Å².